The van der Waals surface area contributed by atoms with Crippen molar-refractivity contribution < 1.29 is 53.7 Å². The van der Waals surface area contributed by atoms with Gasteiger partial charge in [-0.1, -0.05) is 0 Å². The van der Waals surface area contributed by atoms with Crippen molar-refractivity contribution >= 4 is 12.0 Å². The van der Waals surface area contributed by atoms with Gasteiger partial charge in [0.05, 0.1) is 0 Å². The van der Waals surface area contributed by atoms with E-state index in [1.54, 1.807) is 0 Å². The summed E-state index contributed by atoms with van der Waals surface area (Å²) in [5, 5.41) is 8.29. The molecule has 0 radical (unpaired) electrons. The molecule has 0 spiro atoms. The maximum Gasteiger partial charge on any atom is 0.414 e. The number of hydrogen-bond acceptors (Lipinski definition) is 2. The van der Waals surface area contributed by atoms with Crippen LogP contribution in [0.4, 0.5) is 4.79 Å². The zero-order valence-electron chi connectivity index (χ0n) is 6.25. The van der Waals surface area contributed by atoms with Gasteiger partial charge in [0.15, 0.2) is 0 Å². The summed E-state index contributed by atoms with van der Waals surface area (Å²) >= 11 is 0. The molecule has 54 valence electrons. The van der Waals surface area contributed by atoms with Gasteiger partial charge in [-0.15, -0.1) is 0 Å². The first-order valence-electron chi connectivity index (χ1n) is 2.75. The summed E-state index contributed by atoms with van der Waals surface area (Å²) in [4.78, 5) is 21.5. The molecule has 1 aliphatic heterocycles. The predicted molar refractivity (Wildman–Crippen MR) is 29.0 cm³/mol. The SMILES string of the molecule is O=C(O)N1CCCC1=O.[Zn].[Zn]. The molecule has 1 fully saturated rings. The van der Waals surface area contributed by atoms with Gasteiger partial charge in [-0.25, -0.2) is 9.69 Å². The maximum absolute atomic E-state index is 10.6. The van der Waals surface area contributed by atoms with Gasteiger partial charge >= 0.3 is 6.09 Å². The van der Waals surface area contributed by atoms with Crippen LogP contribution in [0.3, 0.4) is 0 Å². The number of carbonyl (C=O) groups is 2. The predicted octanol–water partition coefficient (Wildman–Crippen LogP) is 0.282. The Morgan fingerprint density at radius 1 is 1.45 bits per heavy atom. The van der Waals surface area contributed by atoms with E-state index in [2.05, 4.69) is 0 Å². The smallest absolute Gasteiger partial charge is 0.414 e. The zero-order valence-corrected chi connectivity index (χ0v) is 12.2. The quantitative estimate of drug-likeness (QED) is 0.636. The van der Waals surface area contributed by atoms with Crippen LogP contribution >= 0.6 is 0 Å². The number of nitrogens with zero attached hydrogens (tertiary/aromatic N) is 1. The third kappa shape index (κ3) is 3.39. The largest absolute Gasteiger partial charge is 0.465 e. The summed E-state index contributed by atoms with van der Waals surface area (Å²) in [5.74, 6) is -0.275. The van der Waals surface area contributed by atoms with Crippen LogP contribution in [0, 0.1) is 0 Å². The van der Waals surface area contributed by atoms with Crippen molar-refractivity contribution in [2.75, 3.05) is 6.54 Å². The molecule has 0 aromatic rings. The van der Waals surface area contributed by atoms with Gasteiger partial charge in [0.2, 0.25) is 5.91 Å². The molecule has 1 rings (SSSR count). The van der Waals surface area contributed by atoms with Crippen molar-refractivity contribution in [1.29, 1.82) is 0 Å². The fourth-order valence-corrected chi connectivity index (χ4v) is 0.850. The normalized spacial score (nSPS) is 15.3. The minimum atomic E-state index is -1.13. The second-order valence-electron chi connectivity index (χ2n) is 1.93. The molecule has 0 saturated carbocycles. The van der Waals surface area contributed by atoms with Crippen LogP contribution in [0.1, 0.15) is 12.8 Å². The number of amides is 2. The fraction of sp³-hybridized carbons (Fsp3) is 0.600. The zero-order chi connectivity index (χ0) is 6.85. The van der Waals surface area contributed by atoms with Crippen molar-refractivity contribution in [2.24, 2.45) is 0 Å². The first kappa shape index (κ1) is 13.8. The Morgan fingerprint density at radius 2 is 2.00 bits per heavy atom. The van der Waals surface area contributed by atoms with Gasteiger partial charge in [0.1, 0.15) is 0 Å². The van der Waals surface area contributed by atoms with E-state index in [0.717, 1.165) is 4.90 Å². The van der Waals surface area contributed by atoms with Crippen LogP contribution in [0.15, 0.2) is 0 Å². The van der Waals surface area contributed by atoms with Crippen molar-refractivity contribution in [3.8, 4) is 0 Å². The molecule has 0 aromatic carbocycles. The molecule has 0 aliphatic carbocycles. The van der Waals surface area contributed by atoms with Gasteiger partial charge in [0, 0.05) is 51.9 Å². The van der Waals surface area contributed by atoms with E-state index in [9.17, 15) is 9.59 Å². The maximum atomic E-state index is 10.6. The fourth-order valence-electron chi connectivity index (χ4n) is 0.850. The first-order chi connectivity index (χ1) is 4.22. The van der Waals surface area contributed by atoms with Crippen molar-refractivity contribution in [3.63, 3.8) is 0 Å². The molecule has 0 bridgehead atoms. The number of hydrogen-bond donors (Lipinski definition) is 1. The van der Waals surface area contributed by atoms with E-state index >= 15 is 0 Å². The second-order valence-corrected chi connectivity index (χ2v) is 1.93. The van der Waals surface area contributed by atoms with Crippen LogP contribution in [-0.2, 0) is 43.8 Å². The van der Waals surface area contributed by atoms with E-state index in [1.807, 2.05) is 0 Å². The molecular formula is C5H7NO3Zn2. The van der Waals surface area contributed by atoms with Crippen LogP contribution < -0.4 is 0 Å². The van der Waals surface area contributed by atoms with Crippen LogP contribution in [-0.4, -0.2) is 28.6 Å². The average molecular weight is 260 g/mol. The molecular weight excluding hydrogens is 253 g/mol. The Balaban J connectivity index is 0. The van der Waals surface area contributed by atoms with E-state index < -0.39 is 6.09 Å². The third-order valence-electron chi connectivity index (χ3n) is 1.30. The van der Waals surface area contributed by atoms with Crippen LogP contribution in [0.2, 0.25) is 0 Å². The molecule has 0 atom stereocenters. The van der Waals surface area contributed by atoms with Gasteiger partial charge in [-0.05, 0) is 6.42 Å². The van der Waals surface area contributed by atoms with Gasteiger partial charge in [-0.2, -0.15) is 0 Å². The Hall–Kier alpha value is 0.187. The molecule has 1 N–H and O–H groups in total. The van der Waals surface area contributed by atoms with Gasteiger partial charge in [0.25, 0.3) is 0 Å². The Kier molecular flexibility index (Phi) is 7.24. The molecule has 4 nitrogen and oxygen atoms in total. The van der Waals surface area contributed by atoms with E-state index in [-0.39, 0.29) is 44.9 Å². The number of imide groups is 1. The number of likely N-dealkylation sites (tertiary alicyclic amines) is 1. The van der Waals surface area contributed by atoms with Crippen LogP contribution in [0.5, 0.6) is 0 Å². The molecule has 0 unspecified atom stereocenters. The van der Waals surface area contributed by atoms with Crippen molar-refractivity contribution in [3.05, 3.63) is 0 Å². The van der Waals surface area contributed by atoms with Crippen molar-refractivity contribution in [1.82, 2.24) is 4.90 Å². The molecule has 2 amide bonds. The van der Waals surface area contributed by atoms with E-state index in [4.69, 9.17) is 5.11 Å². The van der Waals surface area contributed by atoms with Gasteiger partial charge < -0.3 is 5.11 Å². The van der Waals surface area contributed by atoms with Crippen molar-refractivity contribution in [2.45, 2.75) is 12.8 Å². The van der Waals surface area contributed by atoms with E-state index in [0.29, 0.717) is 19.4 Å². The number of rotatable bonds is 0. The molecule has 6 heteroatoms. The summed E-state index contributed by atoms with van der Waals surface area (Å²) in [6, 6.07) is 0. The summed E-state index contributed by atoms with van der Waals surface area (Å²) in [6.07, 6.45) is -0.0743. The molecule has 0 aromatic heterocycles. The molecule has 1 heterocycles. The topological polar surface area (TPSA) is 57.6 Å². The monoisotopic (exact) mass is 257 g/mol. The standard InChI is InChI=1S/C5H7NO3.2Zn/c7-4-2-1-3-6(4)5(8)9;;/h1-3H2,(H,8,9);;. The average Bonchev–Trinajstić information content (AvgIpc) is 2.13. The Morgan fingerprint density at radius 3 is 2.18 bits per heavy atom. The summed E-state index contributed by atoms with van der Waals surface area (Å²) in [6.45, 7) is 0.369. The molecule has 11 heavy (non-hydrogen) atoms. The van der Waals surface area contributed by atoms with Gasteiger partial charge in [-0.3, -0.25) is 4.79 Å². The summed E-state index contributed by atoms with van der Waals surface area (Å²) in [7, 11) is 0. The first-order valence-corrected chi connectivity index (χ1v) is 2.75. The minimum absolute atomic E-state index is 0. The summed E-state index contributed by atoms with van der Waals surface area (Å²) in [5.41, 5.74) is 0. The molecule has 1 aliphatic rings. The summed E-state index contributed by atoms with van der Waals surface area (Å²) < 4.78 is 0. The second kappa shape index (κ2) is 5.79. The minimum Gasteiger partial charge on any atom is -0.465 e. The number of carbonyl (C=O) groups excluding carboxylic acids is 1. The number of carboxylic acid groups (broad SMARTS) is 1. The molecule has 1 saturated heterocycles. The third-order valence-corrected chi connectivity index (χ3v) is 1.30. The van der Waals surface area contributed by atoms with Crippen LogP contribution in [0.25, 0.3) is 0 Å². The Bertz CT molecular complexity index is 162. The Labute approximate surface area is 89.8 Å². The van der Waals surface area contributed by atoms with E-state index in [1.165, 1.54) is 0 Å².